The second-order valence-electron chi connectivity index (χ2n) is 6.97. The third kappa shape index (κ3) is 6.07. The highest BCUT2D eigenvalue weighted by Gasteiger charge is 2.32. The van der Waals surface area contributed by atoms with Crippen LogP contribution in [0.2, 0.25) is 0 Å². The summed E-state index contributed by atoms with van der Waals surface area (Å²) in [5.74, 6) is -0.593. The Labute approximate surface area is 186 Å². The maximum atomic E-state index is 13.1. The van der Waals surface area contributed by atoms with Crippen molar-refractivity contribution in [2.45, 2.75) is 32.7 Å². The molecule has 0 saturated heterocycles. The van der Waals surface area contributed by atoms with Gasteiger partial charge < -0.3 is 15.4 Å². The number of amides is 2. The Morgan fingerprint density at radius 3 is 2.56 bits per heavy atom. The highest BCUT2D eigenvalue weighted by molar-refractivity contribution is 7.13. The number of halogens is 3. The summed E-state index contributed by atoms with van der Waals surface area (Å²) in [5, 5.41) is 5.53. The fourth-order valence-electron chi connectivity index (χ4n) is 2.79. The molecule has 0 aliphatic rings. The van der Waals surface area contributed by atoms with Gasteiger partial charge in [0.15, 0.2) is 0 Å². The highest BCUT2D eigenvalue weighted by Crippen LogP contribution is 2.33. The lowest BCUT2D eigenvalue weighted by atomic mass is 10.1. The summed E-state index contributed by atoms with van der Waals surface area (Å²) in [5.41, 5.74) is 0.119. The summed E-state index contributed by atoms with van der Waals surface area (Å²) in [7, 11) is 0. The van der Waals surface area contributed by atoms with Crippen LogP contribution in [0.4, 0.5) is 23.7 Å². The number of nitrogens with one attached hydrogen (secondary N) is 2. The molecule has 0 fully saturated rings. The van der Waals surface area contributed by atoms with Crippen molar-refractivity contribution in [3.05, 3.63) is 81.3 Å². The van der Waals surface area contributed by atoms with Gasteiger partial charge in [0, 0.05) is 5.69 Å². The van der Waals surface area contributed by atoms with E-state index in [-0.39, 0.29) is 22.7 Å². The number of thiazole rings is 1. The first-order chi connectivity index (χ1) is 15.1. The lowest BCUT2D eigenvalue weighted by molar-refractivity contribution is -0.138. The van der Waals surface area contributed by atoms with Crippen LogP contribution in [0.5, 0.6) is 0 Å². The minimum absolute atomic E-state index is 0.0264. The highest BCUT2D eigenvalue weighted by atomic mass is 32.1. The zero-order valence-electron chi connectivity index (χ0n) is 17.2. The second-order valence-corrected chi connectivity index (χ2v) is 8.03. The summed E-state index contributed by atoms with van der Waals surface area (Å²) in [6, 6.07) is 12.2. The number of nitrogens with zero attached hydrogens (tertiary/aromatic N) is 1. The number of benzene rings is 2. The number of hydrogen-bond donors (Lipinski definition) is 2. The van der Waals surface area contributed by atoms with Crippen LogP contribution in [0.1, 0.15) is 44.3 Å². The van der Waals surface area contributed by atoms with Gasteiger partial charge in [0.2, 0.25) is 0 Å². The van der Waals surface area contributed by atoms with Gasteiger partial charge in [-0.2, -0.15) is 13.2 Å². The number of anilines is 1. The Morgan fingerprint density at radius 2 is 1.88 bits per heavy atom. The van der Waals surface area contributed by atoms with Gasteiger partial charge in [-0.1, -0.05) is 36.4 Å². The number of aromatic nitrogens is 1. The summed E-state index contributed by atoms with van der Waals surface area (Å²) < 4.78 is 44.4. The first-order valence-corrected chi connectivity index (χ1v) is 10.4. The normalized spacial score (nSPS) is 12.2. The predicted octanol–water partition coefficient (Wildman–Crippen LogP) is 5.71. The van der Waals surface area contributed by atoms with E-state index in [9.17, 15) is 22.8 Å². The minimum atomic E-state index is -4.52. The van der Waals surface area contributed by atoms with E-state index in [1.54, 1.807) is 6.92 Å². The van der Waals surface area contributed by atoms with Crippen molar-refractivity contribution >= 4 is 29.0 Å². The van der Waals surface area contributed by atoms with Gasteiger partial charge in [-0.05, 0) is 37.1 Å². The zero-order valence-corrected chi connectivity index (χ0v) is 18.0. The van der Waals surface area contributed by atoms with Gasteiger partial charge in [-0.25, -0.2) is 9.78 Å². The summed E-state index contributed by atoms with van der Waals surface area (Å²) in [6.07, 6.45) is -3.85. The molecule has 168 valence electrons. The van der Waals surface area contributed by atoms with Crippen LogP contribution in [0.3, 0.4) is 0 Å². The van der Waals surface area contributed by atoms with Crippen molar-refractivity contribution in [3.8, 4) is 0 Å². The van der Waals surface area contributed by atoms with Crippen molar-refractivity contribution in [1.82, 2.24) is 10.3 Å². The smallest absolute Gasteiger partial charge is 0.416 e. The molecular formula is C22H20F3N3O3S. The maximum absolute atomic E-state index is 13.1. The molecule has 0 radical (unpaired) electrons. The van der Waals surface area contributed by atoms with Gasteiger partial charge in [-0.15, -0.1) is 11.3 Å². The third-order valence-electron chi connectivity index (χ3n) is 4.47. The number of carbonyl (C=O) groups is 2. The fraction of sp³-hybridized carbons (Fsp3) is 0.227. The molecule has 0 aliphatic heterocycles. The quantitative estimate of drug-likeness (QED) is 0.491. The zero-order chi connectivity index (χ0) is 23.3. The van der Waals surface area contributed by atoms with Crippen LogP contribution in [0.25, 0.3) is 0 Å². The number of rotatable bonds is 6. The number of hydrogen-bond acceptors (Lipinski definition) is 5. The molecule has 3 aromatic rings. The topological polar surface area (TPSA) is 80.3 Å². The van der Waals surface area contributed by atoms with Crippen molar-refractivity contribution in [2.24, 2.45) is 0 Å². The average molecular weight is 463 g/mol. The largest absolute Gasteiger partial charge is 0.445 e. The number of alkyl halides is 3. The summed E-state index contributed by atoms with van der Waals surface area (Å²) >= 11 is 1.02. The van der Waals surface area contributed by atoms with E-state index in [0.29, 0.717) is 5.01 Å². The first kappa shape index (κ1) is 23.3. The van der Waals surface area contributed by atoms with Crippen molar-refractivity contribution in [3.63, 3.8) is 0 Å². The number of carbonyl (C=O) groups excluding carboxylic acids is 2. The monoisotopic (exact) mass is 463 g/mol. The molecule has 6 nitrogen and oxygen atoms in total. The molecular weight excluding hydrogens is 443 g/mol. The Bertz CT molecular complexity index is 1100. The molecule has 1 heterocycles. The van der Waals surface area contributed by atoms with E-state index in [4.69, 9.17) is 4.74 Å². The van der Waals surface area contributed by atoms with Crippen LogP contribution in [-0.2, 0) is 17.5 Å². The Balaban J connectivity index is 1.58. The maximum Gasteiger partial charge on any atom is 0.416 e. The van der Waals surface area contributed by atoms with Gasteiger partial charge in [-0.3, -0.25) is 4.79 Å². The molecule has 1 atom stereocenters. The van der Waals surface area contributed by atoms with Gasteiger partial charge in [0.1, 0.15) is 16.5 Å². The molecule has 1 aromatic heterocycles. The Morgan fingerprint density at radius 1 is 1.16 bits per heavy atom. The van der Waals surface area contributed by atoms with Crippen LogP contribution in [0.15, 0.2) is 54.7 Å². The van der Waals surface area contributed by atoms with Crippen molar-refractivity contribution in [2.75, 3.05) is 5.32 Å². The van der Waals surface area contributed by atoms with E-state index in [2.05, 4.69) is 15.6 Å². The van der Waals surface area contributed by atoms with Gasteiger partial charge >= 0.3 is 12.3 Å². The standard InChI is InChI=1S/C22H20F3N3O3S/c1-13-8-9-16(10-17(13)22(23,24)25)28-19(29)18-11-26-20(32-18)14(2)27-21(30)31-12-15-6-4-3-5-7-15/h3-11,14H,12H2,1-2H3,(H,27,30)(H,28,29). The average Bonchev–Trinajstić information content (AvgIpc) is 3.24. The minimum Gasteiger partial charge on any atom is -0.445 e. The summed E-state index contributed by atoms with van der Waals surface area (Å²) in [4.78, 5) is 28.8. The molecule has 32 heavy (non-hydrogen) atoms. The molecule has 2 N–H and O–H groups in total. The molecule has 0 spiro atoms. The van der Waals surface area contributed by atoms with E-state index in [1.807, 2.05) is 30.3 Å². The van der Waals surface area contributed by atoms with E-state index < -0.39 is 29.8 Å². The first-order valence-electron chi connectivity index (χ1n) is 9.55. The second kappa shape index (κ2) is 9.82. The number of alkyl carbamates (subject to hydrolysis) is 1. The predicted molar refractivity (Wildman–Crippen MR) is 114 cm³/mol. The third-order valence-corrected chi connectivity index (χ3v) is 5.64. The molecule has 0 saturated carbocycles. The summed E-state index contributed by atoms with van der Waals surface area (Å²) in [6.45, 7) is 3.14. The lowest BCUT2D eigenvalue weighted by Crippen LogP contribution is -2.27. The molecule has 0 aliphatic carbocycles. The molecule has 1 unspecified atom stereocenters. The van der Waals surface area contributed by atoms with E-state index >= 15 is 0 Å². The lowest BCUT2D eigenvalue weighted by Gasteiger charge is -2.12. The van der Waals surface area contributed by atoms with Crippen LogP contribution in [-0.4, -0.2) is 17.0 Å². The molecule has 3 rings (SSSR count). The van der Waals surface area contributed by atoms with Crippen LogP contribution in [0, 0.1) is 6.92 Å². The van der Waals surface area contributed by atoms with Gasteiger partial charge in [0.25, 0.3) is 5.91 Å². The molecule has 2 amide bonds. The molecule has 0 bridgehead atoms. The fourth-order valence-corrected chi connectivity index (χ4v) is 3.61. The SMILES string of the molecule is Cc1ccc(NC(=O)c2cnc(C(C)NC(=O)OCc3ccccc3)s2)cc1C(F)(F)F. The Hall–Kier alpha value is -3.40. The van der Waals surface area contributed by atoms with Crippen molar-refractivity contribution < 1.29 is 27.5 Å². The number of aryl methyl sites for hydroxylation is 1. The molecule has 10 heteroatoms. The van der Waals surface area contributed by atoms with Crippen molar-refractivity contribution in [1.29, 1.82) is 0 Å². The van der Waals surface area contributed by atoms with E-state index in [0.717, 1.165) is 23.0 Å². The van der Waals surface area contributed by atoms with E-state index in [1.165, 1.54) is 25.3 Å². The van der Waals surface area contributed by atoms with Gasteiger partial charge in [0.05, 0.1) is 17.8 Å². The van der Waals surface area contributed by atoms with Crippen LogP contribution < -0.4 is 10.6 Å². The Kier molecular flexibility index (Phi) is 7.14. The van der Waals surface area contributed by atoms with Crippen LogP contribution >= 0.6 is 11.3 Å². The molecule has 2 aromatic carbocycles. The number of ether oxygens (including phenoxy) is 1.